The maximum atomic E-state index is 9.65. The lowest BCUT2D eigenvalue weighted by Gasteiger charge is -2.23. The molecule has 0 fully saturated rings. The molecular weight excluding hydrogens is 202 g/mol. The second kappa shape index (κ2) is 5.32. The molecule has 0 aliphatic heterocycles. The van der Waals surface area contributed by atoms with Gasteiger partial charge in [0, 0.05) is 18.2 Å². The van der Waals surface area contributed by atoms with Crippen LogP contribution in [0.25, 0.3) is 0 Å². The normalized spacial score (nSPS) is 13.6. The van der Waals surface area contributed by atoms with Crippen LogP contribution in [0.5, 0.6) is 5.75 Å². The van der Waals surface area contributed by atoms with Crippen LogP contribution >= 0.6 is 0 Å². The molecule has 1 aromatic rings. The number of para-hydroxylation sites is 1. The summed E-state index contributed by atoms with van der Waals surface area (Å²) in [4.78, 5) is 0. The predicted molar refractivity (Wildman–Crippen MR) is 65.7 cm³/mol. The van der Waals surface area contributed by atoms with Gasteiger partial charge < -0.3 is 15.2 Å². The van der Waals surface area contributed by atoms with Gasteiger partial charge in [0.1, 0.15) is 5.75 Å². The number of nitrogens with one attached hydrogen (secondary N) is 1. The van der Waals surface area contributed by atoms with Crippen LogP contribution in [0.15, 0.2) is 24.3 Å². The number of ether oxygens (including phenoxy) is 1. The van der Waals surface area contributed by atoms with E-state index < -0.39 is 5.60 Å². The Labute approximate surface area is 97.4 Å². The first-order valence-electron chi connectivity index (χ1n) is 5.53. The van der Waals surface area contributed by atoms with Crippen LogP contribution in [-0.4, -0.2) is 24.4 Å². The van der Waals surface area contributed by atoms with Crippen molar-refractivity contribution in [1.82, 2.24) is 5.32 Å². The van der Waals surface area contributed by atoms with Crippen LogP contribution in [0.1, 0.15) is 32.4 Å². The SMILES string of the molecule is COc1ccccc1[C@@H](C)NCC(C)(C)O. The molecule has 16 heavy (non-hydrogen) atoms. The van der Waals surface area contributed by atoms with Crippen LogP contribution in [-0.2, 0) is 0 Å². The number of rotatable bonds is 5. The van der Waals surface area contributed by atoms with Gasteiger partial charge in [-0.05, 0) is 26.8 Å². The van der Waals surface area contributed by atoms with Crippen molar-refractivity contribution in [3.63, 3.8) is 0 Å². The van der Waals surface area contributed by atoms with E-state index in [1.54, 1.807) is 21.0 Å². The summed E-state index contributed by atoms with van der Waals surface area (Å²) >= 11 is 0. The van der Waals surface area contributed by atoms with E-state index in [2.05, 4.69) is 12.2 Å². The second-order valence-corrected chi connectivity index (χ2v) is 4.66. The van der Waals surface area contributed by atoms with E-state index >= 15 is 0 Å². The molecule has 0 bridgehead atoms. The lowest BCUT2D eigenvalue weighted by molar-refractivity contribution is 0.0769. The molecule has 3 nitrogen and oxygen atoms in total. The van der Waals surface area contributed by atoms with E-state index in [1.807, 2.05) is 24.3 Å². The number of hydrogen-bond acceptors (Lipinski definition) is 3. The van der Waals surface area contributed by atoms with Gasteiger partial charge in [0.25, 0.3) is 0 Å². The topological polar surface area (TPSA) is 41.5 Å². The van der Waals surface area contributed by atoms with Gasteiger partial charge in [0.2, 0.25) is 0 Å². The van der Waals surface area contributed by atoms with Gasteiger partial charge in [-0.2, -0.15) is 0 Å². The van der Waals surface area contributed by atoms with Crippen LogP contribution < -0.4 is 10.1 Å². The minimum absolute atomic E-state index is 0.155. The maximum absolute atomic E-state index is 9.65. The van der Waals surface area contributed by atoms with Crippen molar-refractivity contribution in [1.29, 1.82) is 0 Å². The number of aliphatic hydroxyl groups is 1. The molecule has 1 aromatic carbocycles. The number of methoxy groups -OCH3 is 1. The summed E-state index contributed by atoms with van der Waals surface area (Å²) in [6.45, 7) is 6.18. The molecule has 0 spiro atoms. The highest BCUT2D eigenvalue weighted by Gasteiger charge is 2.16. The zero-order chi connectivity index (χ0) is 12.2. The van der Waals surface area contributed by atoms with Gasteiger partial charge in [-0.1, -0.05) is 18.2 Å². The summed E-state index contributed by atoms with van der Waals surface area (Å²) in [6, 6.07) is 8.06. The fourth-order valence-electron chi connectivity index (χ4n) is 1.54. The minimum atomic E-state index is -0.698. The van der Waals surface area contributed by atoms with Crippen molar-refractivity contribution in [3.05, 3.63) is 29.8 Å². The van der Waals surface area contributed by atoms with Crippen molar-refractivity contribution < 1.29 is 9.84 Å². The summed E-state index contributed by atoms with van der Waals surface area (Å²) in [5, 5.41) is 12.9. The van der Waals surface area contributed by atoms with Crippen LogP contribution in [0.4, 0.5) is 0 Å². The maximum Gasteiger partial charge on any atom is 0.123 e. The predicted octanol–water partition coefficient (Wildman–Crippen LogP) is 2.12. The minimum Gasteiger partial charge on any atom is -0.496 e. The lowest BCUT2D eigenvalue weighted by atomic mass is 10.1. The van der Waals surface area contributed by atoms with Gasteiger partial charge in [0.05, 0.1) is 12.7 Å². The second-order valence-electron chi connectivity index (χ2n) is 4.66. The standard InChI is InChI=1S/C13H21NO2/c1-10(14-9-13(2,3)15)11-7-5-6-8-12(11)16-4/h5-8,10,14-15H,9H2,1-4H3/t10-/m1/s1. The summed E-state index contributed by atoms with van der Waals surface area (Å²) in [5.41, 5.74) is 0.408. The van der Waals surface area contributed by atoms with E-state index in [4.69, 9.17) is 4.74 Å². The first-order chi connectivity index (χ1) is 7.44. The Morgan fingerprint density at radius 2 is 2.00 bits per heavy atom. The highest BCUT2D eigenvalue weighted by Crippen LogP contribution is 2.24. The lowest BCUT2D eigenvalue weighted by Crippen LogP contribution is -2.36. The molecule has 90 valence electrons. The molecule has 0 radical (unpaired) electrons. The Balaban J connectivity index is 2.69. The molecule has 0 heterocycles. The quantitative estimate of drug-likeness (QED) is 0.803. The smallest absolute Gasteiger partial charge is 0.123 e. The van der Waals surface area contributed by atoms with Crippen LogP contribution in [0.2, 0.25) is 0 Å². The van der Waals surface area contributed by atoms with E-state index in [9.17, 15) is 5.11 Å². The fraction of sp³-hybridized carbons (Fsp3) is 0.538. The number of hydrogen-bond donors (Lipinski definition) is 2. The average molecular weight is 223 g/mol. The molecule has 1 rings (SSSR count). The molecule has 0 aromatic heterocycles. The third-order valence-electron chi connectivity index (χ3n) is 2.45. The number of benzene rings is 1. The molecule has 0 aliphatic carbocycles. The van der Waals surface area contributed by atoms with Crippen molar-refractivity contribution >= 4 is 0 Å². The third kappa shape index (κ3) is 3.83. The first kappa shape index (κ1) is 13.0. The van der Waals surface area contributed by atoms with E-state index in [-0.39, 0.29) is 6.04 Å². The van der Waals surface area contributed by atoms with Crippen LogP contribution in [0, 0.1) is 0 Å². The summed E-state index contributed by atoms with van der Waals surface area (Å²) < 4.78 is 5.30. The largest absolute Gasteiger partial charge is 0.496 e. The zero-order valence-corrected chi connectivity index (χ0v) is 10.4. The monoisotopic (exact) mass is 223 g/mol. The third-order valence-corrected chi connectivity index (χ3v) is 2.45. The highest BCUT2D eigenvalue weighted by atomic mass is 16.5. The Kier molecular flexibility index (Phi) is 4.33. The van der Waals surface area contributed by atoms with Gasteiger partial charge >= 0.3 is 0 Å². The Hall–Kier alpha value is -1.06. The summed E-state index contributed by atoms with van der Waals surface area (Å²) in [5.74, 6) is 0.873. The fourth-order valence-corrected chi connectivity index (χ4v) is 1.54. The Bertz CT molecular complexity index is 331. The molecule has 0 saturated heterocycles. The average Bonchev–Trinajstić information content (AvgIpc) is 2.25. The Morgan fingerprint density at radius 1 is 1.38 bits per heavy atom. The van der Waals surface area contributed by atoms with Crippen molar-refractivity contribution in [2.45, 2.75) is 32.4 Å². The van der Waals surface area contributed by atoms with Crippen molar-refractivity contribution in [2.24, 2.45) is 0 Å². The van der Waals surface area contributed by atoms with Gasteiger partial charge in [-0.25, -0.2) is 0 Å². The zero-order valence-electron chi connectivity index (χ0n) is 10.4. The van der Waals surface area contributed by atoms with Crippen LogP contribution in [0.3, 0.4) is 0 Å². The Morgan fingerprint density at radius 3 is 2.56 bits per heavy atom. The molecule has 0 unspecified atom stereocenters. The molecular formula is C13H21NO2. The highest BCUT2D eigenvalue weighted by molar-refractivity contribution is 5.35. The first-order valence-corrected chi connectivity index (χ1v) is 5.53. The molecule has 0 aliphatic rings. The van der Waals surface area contributed by atoms with E-state index in [1.165, 1.54) is 0 Å². The van der Waals surface area contributed by atoms with Gasteiger partial charge in [-0.3, -0.25) is 0 Å². The molecule has 0 amide bonds. The van der Waals surface area contributed by atoms with E-state index in [0.29, 0.717) is 6.54 Å². The van der Waals surface area contributed by atoms with Crippen molar-refractivity contribution in [3.8, 4) is 5.75 Å². The molecule has 2 N–H and O–H groups in total. The molecule has 1 atom stereocenters. The van der Waals surface area contributed by atoms with Crippen molar-refractivity contribution in [2.75, 3.05) is 13.7 Å². The summed E-state index contributed by atoms with van der Waals surface area (Å²) in [7, 11) is 1.67. The molecule has 3 heteroatoms. The van der Waals surface area contributed by atoms with Gasteiger partial charge in [0.15, 0.2) is 0 Å². The van der Waals surface area contributed by atoms with E-state index in [0.717, 1.165) is 11.3 Å². The summed E-state index contributed by atoms with van der Waals surface area (Å²) in [6.07, 6.45) is 0. The molecule has 0 saturated carbocycles. The van der Waals surface area contributed by atoms with Gasteiger partial charge in [-0.15, -0.1) is 0 Å².